The van der Waals surface area contributed by atoms with Crippen LogP contribution in [0.2, 0.25) is 0 Å². The molecule has 3 heteroatoms. The number of nitrogens with zero attached hydrogens (tertiary/aromatic N) is 2. The van der Waals surface area contributed by atoms with Crippen molar-refractivity contribution in [3.05, 3.63) is 29.8 Å². The maximum absolute atomic E-state index is 8.83. The molecule has 1 spiro atoms. The van der Waals surface area contributed by atoms with Gasteiger partial charge in [0, 0.05) is 19.3 Å². The van der Waals surface area contributed by atoms with E-state index in [1.807, 2.05) is 24.3 Å². The predicted octanol–water partition coefficient (Wildman–Crippen LogP) is 3.49. The zero-order valence-electron chi connectivity index (χ0n) is 12.1. The monoisotopic (exact) mass is 270 g/mol. The Labute approximate surface area is 121 Å². The van der Waals surface area contributed by atoms with Gasteiger partial charge in [-0.05, 0) is 49.9 Å². The zero-order chi connectivity index (χ0) is 14.0. The van der Waals surface area contributed by atoms with E-state index in [1.54, 1.807) is 0 Å². The van der Waals surface area contributed by atoms with Crippen LogP contribution in [0.4, 0.5) is 5.69 Å². The van der Waals surface area contributed by atoms with E-state index in [1.165, 1.54) is 38.5 Å². The van der Waals surface area contributed by atoms with Crippen molar-refractivity contribution in [2.45, 2.75) is 50.2 Å². The highest BCUT2D eigenvalue weighted by Crippen LogP contribution is 2.43. The van der Waals surface area contributed by atoms with Gasteiger partial charge in [0.2, 0.25) is 0 Å². The molecule has 1 aromatic carbocycles. The summed E-state index contributed by atoms with van der Waals surface area (Å²) in [6.45, 7) is 0.938. The lowest BCUT2D eigenvalue weighted by atomic mass is 9.98. The molecule has 3 nitrogen and oxygen atoms in total. The number of hydrogen-bond acceptors (Lipinski definition) is 3. The minimum Gasteiger partial charge on any atom is -0.372 e. The van der Waals surface area contributed by atoms with E-state index in [0.717, 1.165) is 12.2 Å². The Morgan fingerprint density at radius 3 is 2.60 bits per heavy atom. The summed E-state index contributed by atoms with van der Waals surface area (Å²) in [4.78, 5) is 2.24. The summed E-state index contributed by atoms with van der Waals surface area (Å²) in [5.41, 5.74) is 2.08. The van der Waals surface area contributed by atoms with Gasteiger partial charge in [-0.15, -0.1) is 0 Å². The fraction of sp³-hybridized carbons (Fsp3) is 0.588. The lowest BCUT2D eigenvalue weighted by Gasteiger charge is -2.27. The van der Waals surface area contributed by atoms with Crippen LogP contribution in [-0.4, -0.2) is 25.3 Å². The van der Waals surface area contributed by atoms with Gasteiger partial charge in [0.1, 0.15) is 0 Å². The molecule has 3 rings (SSSR count). The maximum Gasteiger partial charge on any atom is 0.0991 e. The summed E-state index contributed by atoms with van der Waals surface area (Å²) in [6, 6.07) is 9.93. The van der Waals surface area contributed by atoms with Crippen molar-refractivity contribution in [1.29, 1.82) is 5.26 Å². The highest BCUT2D eigenvalue weighted by Gasteiger charge is 2.42. The molecule has 2 fully saturated rings. The largest absolute Gasteiger partial charge is 0.372 e. The van der Waals surface area contributed by atoms with Crippen LogP contribution in [0.1, 0.15) is 44.1 Å². The van der Waals surface area contributed by atoms with Crippen LogP contribution in [0.25, 0.3) is 0 Å². The Hall–Kier alpha value is -1.53. The molecule has 2 aliphatic rings. The van der Waals surface area contributed by atoms with E-state index >= 15 is 0 Å². The molecule has 1 saturated carbocycles. The van der Waals surface area contributed by atoms with Gasteiger partial charge in [-0.25, -0.2) is 0 Å². The van der Waals surface area contributed by atoms with Gasteiger partial charge < -0.3 is 9.64 Å². The lowest BCUT2D eigenvalue weighted by Crippen LogP contribution is -2.32. The Bertz CT molecular complexity index is 497. The van der Waals surface area contributed by atoms with Crippen LogP contribution in [0.3, 0.4) is 0 Å². The van der Waals surface area contributed by atoms with Gasteiger partial charge in [0.25, 0.3) is 0 Å². The second-order valence-corrected chi connectivity index (χ2v) is 6.21. The quantitative estimate of drug-likeness (QED) is 0.843. The molecule has 1 aliphatic heterocycles. The van der Waals surface area contributed by atoms with Gasteiger partial charge in [-0.3, -0.25) is 0 Å². The first-order valence-corrected chi connectivity index (χ1v) is 7.60. The van der Waals surface area contributed by atoms with Gasteiger partial charge in [-0.1, -0.05) is 12.8 Å². The molecule has 1 aromatic rings. The van der Waals surface area contributed by atoms with Crippen molar-refractivity contribution < 1.29 is 4.74 Å². The molecule has 1 unspecified atom stereocenters. The SMILES string of the molecule is CN(CC1CCC2(CCCC2)O1)c1ccc(C#N)cc1. The standard InChI is InChI=1S/C17H22N2O/c1-19(15-6-4-14(12-18)5-7-15)13-16-8-11-17(20-16)9-2-3-10-17/h4-7,16H,2-3,8-11,13H2,1H3. The third-order valence-electron chi connectivity index (χ3n) is 4.77. The van der Waals surface area contributed by atoms with E-state index in [0.29, 0.717) is 11.7 Å². The van der Waals surface area contributed by atoms with Gasteiger partial charge in [-0.2, -0.15) is 5.26 Å². The highest BCUT2D eigenvalue weighted by molar-refractivity contribution is 5.49. The molecule has 0 N–H and O–H groups in total. The molecule has 1 atom stereocenters. The molecule has 1 heterocycles. The molecule has 106 valence electrons. The van der Waals surface area contributed by atoms with Gasteiger partial charge in [0.05, 0.1) is 23.3 Å². The molecular formula is C17H22N2O. The third kappa shape index (κ3) is 2.66. The molecule has 0 bridgehead atoms. The molecule has 0 amide bonds. The zero-order valence-corrected chi connectivity index (χ0v) is 12.1. The Kier molecular flexibility index (Phi) is 3.67. The van der Waals surface area contributed by atoms with Crippen molar-refractivity contribution in [3.8, 4) is 6.07 Å². The molecule has 0 radical (unpaired) electrons. The van der Waals surface area contributed by atoms with Crippen LogP contribution in [0.5, 0.6) is 0 Å². The first-order valence-electron chi connectivity index (χ1n) is 7.60. The normalized spacial score (nSPS) is 23.9. The minimum absolute atomic E-state index is 0.218. The van der Waals surface area contributed by atoms with Crippen LogP contribution in [-0.2, 0) is 4.74 Å². The summed E-state index contributed by atoms with van der Waals surface area (Å²) in [6.07, 6.45) is 7.94. The van der Waals surface area contributed by atoms with E-state index in [-0.39, 0.29) is 5.60 Å². The van der Waals surface area contributed by atoms with Crippen LogP contribution >= 0.6 is 0 Å². The van der Waals surface area contributed by atoms with Crippen molar-refractivity contribution >= 4 is 5.69 Å². The van der Waals surface area contributed by atoms with Crippen molar-refractivity contribution in [3.63, 3.8) is 0 Å². The second kappa shape index (κ2) is 5.46. The number of hydrogen-bond donors (Lipinski definition) is 0. The Balaban J connectivity index is 1.59. The second-order valence-electron chi connectivity index (χ2n) is 6.21. The van der Waals surface area contributed by atoms with Crippen LogP contribution < -0.4 is 4.90 Å². The molecule has 20 heavy (non-hydrogen) atoms. The number of benzene rings is 1. The van der Waals surface area contributed by atoms with Crippen LogP contribution in [0.15, 0.2) is 24.3 Å². The summed E-state index contributed by atoms with van der Waals surface area (Å²) in [7, 11) is 2.10. The molecule has 0 aromatic heterocycles. The maximum atomic E-state index is 8.83. The Morgan fingerprint density at radius 2 is 1.95 bits per heavy atom. The Morgan fingerprint density at radius 1 is 1.25 bits per heavy atom. The summed E-state index contributed by atoms with van der Waals surface area (Å²) < 4.78 is 6.35. The first kappa shape index (κ1) is 13.5. The first-order chi connectivity index (χ1) is 9.71. The fourth-order valence-electron chi connectivity index (χ4n) is 3.61. The average molecular weight is 270 g/mol. The topological polar surface area (TPSA) is 36.3 Å². The highest BCUT2D eigenvalue weighted by atomic mass is 16.5. The molecular weight excluding hydrogens is 248 g/mol. The fourth-order valence-corrected chi connectivity index (χ4v) is 3.61. The summed E-state index contributed by atoms with van der Waals surface area (Å²) in [5.74, 6) is 0. The summed E-state index contributed by atoms with van der Waals surface area (Å²) >= 11 is 0. The van der Waals surface area contributed by atoms with Crippen molar-refractivity contribution in [2.24, 2.45) is 0 Å². The number of likely N-dealkylation sites (N-methyl/N-ethyl adjacent to an activating group) is 1. The number of nitriles is 1. The lowest BCUT2D eigenvalue weighted by molar-refractivity contribution is -0.0324. The van der Waals surface area contributed by atoms with E-state index in [9.17, 15) is 0 Å². The summed E-state index contributed by atoms with van der Waals surface area (Å²) in [5, 5.41) is 8.83. The average Bonchev–Trinajstić information content (AvgIpc) is 3.09. The molecule has 1 saturated heterocycles. The number of anilines is 1. The van der Waals surface area contributed by atoms with E-state index in [2.05, 4.69) is 18.0 Å². The van der Waals surface area contributed by atoms with Crippen LogP contribution in [0, 0.1) is 11.3 Å². The van der Waals surface area contributed by atoms with E-state index in [4.69, 9.17) is 10.00 Å². The minimum atomic E-state index is 0.218. The van der Waals surface area contributed by atoms with E-state index < -0.39 is 0 Å². The third-order valence-corrected chi connectivity index (χ3v) is 4.77. The van der Waals surface area contributed by atoms with Gasteiger partial charge in [0.15, 0.2) is 0 Å². The smallest absolute Gasteiger partial charge is 0.0991 e. The predicted molar refractivity (Wildman–Crippen MR) is 79.7 cm³/mol. The van der Waals surface area contributed by atoms with Crippen molar-refractivity contribution in [1.82, 2.24) is 0 Å². The molecule has 1 aliphatic carbocycles. The van der Waals surface area contributed by atoms with Gasteiger partial charge >= 0.3 is 0 Å². The number of ether oxygens (including phenoxy) is 1. The van der Waals surface area contributed by atoms with Crippen molar-refractivity contribution in [2.75, 3.05) is 18.5 Å². The number of rotatable bonds is 3.